The zero-order valence-corrected chi connectivity index (χ0v) is 6.47. The fraction of sp³-hybridized carbons (Fsp3) is 0.333. The van der Waals surface area contributed by atoms with Crippen molar-refractivity contribution in [3.8, 4) is 0 Å². The third kappa shape index (κ3) is 0.670. The van der Waals surface area contributed by atoms with Crippen LogP contribution in [0.25, 0.3) is 0 Å². The van der Waals surface area contributed by atoms with Gasteiger partial charge in [-0.3, -0.25) is 0 Å². The first-order valence-electron chi connectivity index (χ1n) is 2.59. The molecule has 0 saturated heterocycles. The summed E-state index contributed by atoms with van der Waals surface area (Å²) < 4.78 is 2.20. The van der Waals surface area contributed by atoms with Gasteiger partial charge in [-0.1, -0.05) is 0 Å². The van der Waals surface area contributed by atoms with E-state index in [2.05, 4.69) is 12.2 Å². The summed E-state index contributed by atoms with van der Waals surface area (Å²) >= 11 is 0.113. The summed E-state index contributed by atoms with van der Waals surface area (Å²) in [6.45, 7) is 0. The third-order valence-electron chi connectivity index (χ3n) is 1.40. The second-order valence-corrected chi connectivity index (χ2v) is 4.74. The molecule has 0 spiro atoms. The minimum absolute atomic E-state index is 0.113. The van der Waals surface area contributed by atoms with E-state index in [1.54, 1.807) is 5.57 Å². The molecule has 2 N–H and O–H groups in total. The van der Waals surface area contributed by atoms with Gasteiger partial charge in [-0.05, 0) is 0 Å². The Morgan fingerprint density at radius 2 is 2.50 bits per heavy atom. The Morgan fingerprint density at radius 1 is 1.62 bits per heavy atom. The van der Waals surface area contributed by atoms with Gasteiger partial charge in [0.2, 0.25) is 0 Å². The molecule has 2 aliphatic rings. The molecular formula is C6H7IO. The fourth-order valence-corrected chi connectivity index (χ4v) is 3.08. The van der Waals surface area contributed by atoms with Crippen molar-refractivity contribution in [2.45, 2.75) is 0 Å². The quantitative estimate of drug-likeness (QED) is 0.183. The van der Waals surface area contributed by atoms with Crippen LogP contribution in [0.15, 0.2) is 21.5 Å². The number of hydrogen-bond donors (Lipinski definition) is 0. The Bertz CT molecular complexity index is 181. The van der Waals surface area contributed by atoms with Crippen LogP contribution in [0.3, 0.4) is 0 Å². The van der Waals surface area contributed by atoms with Gasteiger partial charge in [-0.15, -0.1) is 0 Å². The molecule has 1 heterocycles. The topological polar surface area (TPSA) is 22.9 Å². The first-order valence-corrected chi connectivity index (χ1v) is 5.20. The summed E-state index contributed by atoms with van der Waals surface area (Å²) in [5, 5.41) is 7.31. The zero-order chi connectivity index (χ0) is 5.56. The van der Waals surface area contributed by atoms with Gasteiger partial charge in [0.25, 0.3) is 0 Å². The fourth-order valence-electron chi connectivity index (χ4n) is 0.823. The molecule has 44 valence electrons. The van der Waals surface area contributed by atoms with Crippen LogP contribution in [0.2, 0.25) is 0 Å². The molecule has 2 heteroatoms. The van der Waals surface area contributed by atoms with Crippen molar-refractivity contribution < 1.29 is 26.3 Å². The third-order valence-corrected chi connectivity index (χ3v) is 3.85. The van der Waals surface area contributed by atoms with Crippen LogP contribution in [0.1, 0.15) is 0 Å². The normalized spacial score (nSPS) is 33.8. The number of hydrogen-bond acceptors (Lipinski definition) is 0. The van der Waals surface area contributed by atoms with E-state index in [9.17, 15) is 0 Å². The van der Waals surface area contributed by atoms with E-state index in [1.165, 1.54) is 4.43 Å². The van der Waals surface area contributed by atoms with Gasteiger partial charge in [-0.25, -0.2) is 0 Å². The van der Waals surface area contributed by atoms with E-state index in [-0.39, 0.29) is 21.2 Å². The molecule has 1 aliphatic heterocycles. The average molecular weight is 222 g/mol. The van der Waals surface area contributed by atoms with Gasteiger partial charge < -0.3 is 0 Å². The summed E-state index contributed by atoms with van der Waals surface area (Å²) in [5.41, 5.74) is 1.61. The van der Waals surface area contributed by atoms with Crippen molar-refractivity contribution in [2.75, 3.05) is 4.43 Å². The van der Waals surface area contributed by atoms with E-state index >= 15 is 0 Å². The molecule has 1 aliphatic carbocycles. The van der Waals surface area contributed by atoms with Crippen LogP contribution in [0.5, 0.6) is 0 Å². The number of halogens is 1. The standard InChI is InChI=1S/C6H6IO/c8-6-2-4-1-5(4)3-7-6/h1-2,4,8H,3H2/q-1/p+1. The monoisotopic (exact) mass is 222 g/mol. The molecule has 8 heavy (non-hydrogen) atoms. The number of fused-ring (bicyclic) bond motifs is 1. The van der Waals surface area contributed by atoms with Crippen LogP contribution in [-0.4, -0.2) is 9.53 Å². The Morgan fingerprint density at radius 3 is 3.12 bits per heavy atom. The molecule has 1 unspecified atom stereocenters. The molecule has 0 radical (unpaired) electrons. The van der Waals surface area contributed by atoms with E-state index in [0.717, 1.165) is 3.77 Å². The van der Waals surface area contributed by atoms with Crippen molar-refractivity contribution in [3.63, 3.8) is 0 Å². The minimum atomic E-state index is 0.113. The van der Waals surface area contributed by atoms with Crippen LogP contribution >= 0.6 is 0 Å². The molecule has 1 atom stereocenters. The van der Waals surface area contributed by atoms with Gasteiger partial charge in [0, 0.05) is 0 Å². The second-order valence-electron chi connectivity index (χ2n) is 2.05. The molecule has 0 saturated carbocycles. The molecule has 0 aromatic rings. The average Bonchev–Trinajstić information content (AvgIpc) is 2.43. The van der Waals surface area contributed by atoms with Crippen molar-refractivity contribution in [2.24, 2.45) is 5.92 Å². The molecule has 1 nitrogen and oxygen atoms in total. The van der Waals surface area contributed by atoms with Gasteiger partial charge >= 0.3 is 58.1 Å². The van der Waals surface area contributed by atoms with Crippen LogP contribution in [0.4, 0.5) is 0 Å². The van der Waals surface area contributed by atoms with Crippen molar-refractivity contribution in [1.82, 2.24) is 0 Å². The van der Waals surface area contributed by atoms with E-state index < -0.39 is 0 Å². The van der Waals surface area contributed by atoms with E-state index in [0.29, 0.717) is 5.92 Å². The summed E-state index contributed by atoms with van der Waals surface area (Å²) in [5.74, 6) is 0.649. The number of rotatable bonds is 0. The van der Waals surface area contributed by atoms with Crippen LogP contribution < -0.4 is 21.2 Å². The molecule has 0 amide bonds. The predicted octanol–water partition coefficient (Wildman–Crippen LogP) is -2.79. The molecule has 0 bridgehead atoms. The van der Waals surface area contributed by atoms with E-state index in [4.69, 9.17) is 5.11 Å². The Hall–Kier alpha value is 0.01000. The van der Waals surface area contributed by atoms with Crippen LogP contribution in [-0.2, 0) is 0 Å². The van der Waals surface area contributed by atoms with Gasteiger partial charge in [0.05, 0.1) is 0 Å². The first kappa shape index (κ1) is 4.85. The maximum absolute atomic E-state index is 7.31. The summed E-state index contributed by atoms with van der Waals surface area (Å²) in [4.78, 5) is 0. The molecule has 0 fully saturated rings. The predicted molar refractivity (Wildman–Crippen MR) is 28.1 cm³/mol. The molecular weight excluding hydrogens is 215 g/mol. The van der Waals surface area contributed by atoms with Crippen molar-refractivity contribution in [3.05, 3.63) is 21.5 Å². The molecule has 2 rings (SSSR count). The van der Waals surface area contributed by atoms with Crippen LogP contribution in [0, 0.1) is 5.92 Å². The molecule has 0 aromatic heterocycles. The Labute approximate surface area is 58.4 Å². The maximum atomic E-state index is 7.31. The number of alkyl halides is 1. The van der Waals surface area contributed by atoms with Crippen molar-refractivity contribution in [1.29, 1.82) is 0 Å². The van der Waals surface area contributed by atoms with Crippen molar-refractivity contribution >= 4 is 0 Å². The summed E-state index contributed by atoms with van der Waals surface area (Å²) in [6, 6.07) is 0. The van der Waals surface area contributed by atoms with Gasteiger partial charge in [-0.2, -0.15) is 0 Å². The summed E-state index contributed by atoms with van der Waals surface area (Å²) in [6.07, 6.45) is 4.35. The SMILES string of the molecule is [OH2+]C1=CC2C=C2C[I-]1. The molecule has 0 aromatic carbocycles. The second kappa shape index (κ2) is 1.50. The zero-order valence-electron chi connectivity index (χ0n) is 4.32. The van der Waals surface area contributed by atoms with Gasteiger partial charge in [0.1, 0.15) is 0 Å². The summed E-state index contributed by atoms with van der Waals surface area (Å²) in [7, 11) is 0. The Kier molecular flexibility index (Phi) is 0.907. The Balaban J connectivity index is 2.21. The first-order chi connectivity index (χ1) is 3.86. The van der Waals surface area contributed by atoms with Gasteiger partial charge in [0.15, 0.2) is 0 Å². The van der Waals surface area contributed by atoms with E-state index in [1.807, 2.05) is 0 Å². The number of allylic oxidation sites excluding steroid dienone is 3.